The van der Waals surface area contributed by atoms with Gasteiger partial charge in [-0.15, -0.1) is 0 Å². The number of nitrogens with two attached hydrogens (primary N) is 1. The third-order valence-corrected chi connectivity index (χ3v) is 3.26. The van der Waals surface area contributed by atoms with Crippen LogP contribution in [0.15, 0.2) is 0 Å². The molecule has 0 aromatic heterocycles. The molecule has 0 aromatic carbocycles. The molecule has 2 unspecified atom stereocenters. The maximum atomic E-state index is 5.79. The SMILES string of the molecule is CCOCC(C)(CN)NCC1(C)CCCO1. The predicted molar refractivity (Wildman–Crippen MR) is 65.5 cm³/mol. The van der Waals surface area contributed by atoms with Gasteiger partial charge in [0.1, 0.15) is 0 Å². The van der Waals surface area contributed by atoms with Gasteiger partial charge in [-0.05, 0) is 33.6 Å². The van der Waals surface area contributed by atoms with Gasteiger partial charge in [-0.25, -0.2) is 0 Å². The van der Waals surface area contributed by atoms with Crippen molar-refractivity contribution in [2.75, 3.05) is 32.9 Å². The molecular formula is C12H26N2O2. The molecule has 1 saturated heterocycles. The van der Waals surface area contributed by atoms with E-state index in [4.69, 9.17) is 15.2 Å². The van der Waals surface area contributed by atoms with Gasteiger partial charge in [0.15, 0.2) is 0 Å². The first kappa shape index (κ1) is 13.9. The fraction of sp³-hybridized carbons (Fsp3) is 1.00. The Morgan fingerprint density at radius 2 is 2.31 bits per heavy atom. The molecule has 3 N–H and O–H groups in total. The molecule has 2 atom stereocenters. The maximum Gasteiger partial charge on any atom is 0.0779 e. The zero-order valence-electron chi connectivity index (χ0n) is 10.8. The van der Waals surface area contributed by atoms with Crippen LogP contribution in [-0.2, 0) is 9.47 Å². The minimum absolute atomic E-state index is 0.0252. The highest BCUT2D eigenvalue weighted by molar-refractivity contribution is 4.90. The lowest BCUT2D eigenvalue weighted by Gasteiger charge is -2.33. The molecule has 1 aliphatic rings. The average Bonchev–Trinajstić information content (AvgIpc) is 2.72. The summed E-state index contributed by atoms with van der Waals surface area (Å²) in [5.74, 6) is 0. The van der Waals surface area contributed by atoms with E-state index in [-0.39, 0.29) is 11.1 Å². The molecule has 0 saturated carbocycles. The fourth-order valence-corrected chi connectivity index (χ4v) is 1.89. The van der Waals surface area contributed by atoms with Crippen LogP contribution in [0, 0.1) is 0 Å². The van der Waals surface area contributed by atoms with Crippen molar-refractivity contribution in [2.24, 2.45) is 5.73 Å². The van der Waals surface area contributed by atoms with Gasteiger partial charge in [0.05, 0.1) is 17.7 Å². The van der Waals surface area contributed by atoms with Gasteiger partial charge in [0.2, 0.25) is 0 Å². The summed E-state index contributed by atoms with van der Waals surface area (Å²) in [6, 6.07) is 0. The first-order chi connectivity index (χ1) is 7.54. The molecule has 0 amide bonds. The highest BCUT2D eigenvalue weighted by Crippen LogP contribution is 2.24. The molecule has 1 aliphatic heterocycles. The summed E-state index contributed by atoms with van der Waals surface area (Å²) in [5, 5.41) is 3.49. The quantitative estimate of drug-likeness (QED) is 0.682. The van der Waals surface area contributed by atoms with Crippen LogP contribution in [0.4, 0.5) is 0 Å². The second kappa shape index (κ2) is 5.96. The lowest BCUT2D eigenvalue weighted by Crippen LogP contribution is -2.56. The summed E-state index contributed by atoms with van der Waals surface area (Å²) in [6.45, 7) is 9.92. The number of nitrogens with one attached hydrogen (secondary N) is 1. The van der Waals surface area contributed by atoms with Crippen LogP contribution >= 0.6 is 0 Å². The molecule has 4 heteroatoms. The predicted octanol–water partition coefficient (Wildman–Crippen LogP) is 0.899. The summed E-state index contributed by atoms with van der Waals surface area (Å²) in [5.41, 5.74) is 5.62. The summed E-state index contributed by atoms with van der Waals surface area (Å²) in [6.07, 6.45) is 2.28. The van der Waals surface area contributed by atoms with Gasteiger partial charge < -0.3 is 20.5 Å². The Hall–Kier alpha value is -0.160. The average molecular weight is 230 g/mol. The molecule has 1 rings (SSSR count). The van der Waals surface area contributed by atoms with E-state index < -0.39 is 0 Å². The maximum absolute atomic E-state index is 5.79. The molecule has 0 bridgehead atoms. The first-order valence-electron chi connectivity index (χ1n) is 6.20. The van der Waals surface area contributed by atoms with Crippen LogP contribution < -0.4 is 11.1 Å². The Bertz CT molecular complexity index is 205. The number of rotatable bonds is 7. The number of hydrogen-bond donors (Lipinski definition) is 2. The summed E-state index contributed by atoms with van der Waals surface area (Å²) in [4.78, 5) is 0. The minimum Gasteiger partial charge on any atom is -0.380 e. The van der Waals surface area contributed by atoms with Crippen molar-refractivity contribution in [3.63, 3.8) is 0 Å². The summed E-state index contributed by atoms with van der Waals surface area (Å²) >= 11 is 0. The lowest BCUT2D eigenvalue weighted by molar-refractivity contribution is 0.00726. The third kappa shape index (κ3) is 4.01. The van der Waals surface area contributed by atoms with Gasteiger partial charge in [-0.1, -0.05) is 0 Å². The second-order valence-electron chi connectivity index (χ2n) is 5.16. The normalized spacial score (nSPS) is 29.2. The second-order valence-corrected chi connectivity index (χ2v) is 5.16. The zero-order valence-corrected chi connectivity index (χ0v) is 10.8. The first-order valence-corrected chi connectivity index (χ1v) is 6.20. The van der Waals surface area contributed by atoms with Crippen molar-refractivity contribution >= 4 is 0 Å². The van der Waals surface area contributed by atoms with Crippen LogP contribution in [0.3, 0.4) is 0 Å². The van der Waals surface area contributed by atoms with Gasteiger partial charge >= 0.3 is 0 Å². The lowest BCUT2D eigenvalue weighted by atomic mass is 9.98. The smallest absolute Gasteiger partial charge is 0.0779 e. The van der Waals surface area contributed by atoms with E-state index in [9.17, 15) is 0 Å². The molecule has 4 nitrogen and oxygen atoms in total. The van der Waals surface area contributed by atoms with Crippen LogP contribution in [0.2, 0.25) is 0 Å². The molecule has 0 aromatic rings. The highest BCUT2D eigenvalue weighted by Gasteiger charge is 2.32. The molecule has 0 aliphatic carbocycles. The molecule has 1 heterocycles. The topological polar surface area (TPSA) is 56.5 Å². The number of hydrogen-bond acceptors (Lipinski definition) is 4. The van der Waals surface area contributed by atoms with E-state index in [1.165, 1.54) is 0 Å². The van der Waals surface area contributed by atoms with E-state index in [1.54, 1.807) is 0 Å². The van der Waals surface area contributed by atoms with Crippen molar-refractivity contribution in [1.29, 1.82) is 0 Å². The molecule has 16 heavy (non-hydrogen) atoms. The van der Waals surface area contributed by atoms with E-state index in [1.807, 2.05) is 6.92 Å². The largest absolute Gasteiger partial charge is 0.380 e. The van der Waals surface area contributed by atoms with E-state index in [0.29, 0.717) is 13.2 Å². The molecule has 96 valence electrons. The van der Waals surface area contributed by atoms with Gasteiger partial charge in [0, 0.05) is 26.3 Å². The van der Waals surface area contributed by atoms with Crippen molar-refractivity contribution < 1.29 is 9.47 Å². The van der Waals surface area contributed by atoms with Crippen molar-refractivity contribution in [1.82, 2.24) is 5.32 Å². The van der Waals surface area contributed by atoms with Crippen LogP contribution in [-0.4, -0.2) is 44.1 Å². The fourth-order valence-electron chi connectivity index (χ4n) is 1.89. The highest BCUT2D eigenvalue weighted by atomic mass is 16.5. The van der Waals surface area contributed by atoms with Crippen LogP contribution in [0.25, 0.3) is 0 Å². The third-order valence-electron chi connectivity index (χ3n) is 3.26. The van der Waals surface area contributed by atoms with Crippen LogP contribution in [0.1, 0.15) is 33.6 Å². The van der Waals surface area contributed by atoms with Gasteiger partial charge in [0.25, 0.3) is 0 Å². The Morgan fingerprint density at radius 1 is 1.56 bits per heavy atom. The monoisotopic (exact) mass is 230 g/mol. The van der Waals surface area contributed by atoms with Gasteiger partial charge in [-0.3, -0.25) is 0 Å². The summed E-state index contributed by atoms with van der Waals surface area (Å²) in [7, 11) is 0. The van der Waals surface area contributed by atoms with Crippen LogP contribution in [0.5, 0.6) is 0 Å². The van der Waals surface area contributed by atoms with Crippen molar-refractivity contribution in [3.8, 4) is 0 Å². The van der Waals surface area contributed by atoms with Gasteiger partial charge in [-0.2, -0.15) is 0 Å². The van der Waals surface area contributed by atoms with E-state index in [0.717, 1.165) is 32.6 Å². The number of ether oxygens (including phenoxy) is 2. The molecule has 1 fully saturated rings. The zero-order chi connectivity index (χ0) is 12.1. The summed E-state index contributed by atoms with van der Waals surface area (Å²) < 4.78 is 11.2. The van der Waals surface area contributed by atoms with Crippen molar-refractivity contribution in [3.05, 3.63) is 0 Å². The Labute approximate surface area is 98.9 Å². The molecular weight excluding hydrogens is 204 g/mol. The van der Waals surface area contributed by atoms with E-state index >= 15 is 0 Å². The van der Waals surface area contributed by atoms with E-state index in [2.05, 4.69) is 19.2 Å². The Morgan fingerprint density at radius 3 is 2.81 bits per heavy atom. The Kier molecular flexibility index (Phi) is 5.18. The molecule has 0 spiro atoms. The van der Waals surface area contributed by atoms with Crippen molar-refractivity contribution in [2.45, 2.75) is 44.8 Å². The minimum atomic E-state index is -0.148. The molecule has 0 radical (unpaired) electrons. The Balaban J connectivity index is 2.37. The standard InChI is InChI=1S/C12H26N2O2/c1-4-15-10-11(2,8-13)14-9-12(3)6-5-7-16-12/h14H,4-10,13H2,1-3H3.